The minimum atomic E-state index is 0. The predicted octanol–water partition coefficient (Wildman–Crippen LogP) is 1.55. The van der Waals surface area contributed by atoms with Crippen molar-refractivity contribution in [3.05, 3.63) is 0 Å². The molecule has 0 spiro atoms. The summed E-state index contributed by atoms with van der Waals surface area (Å²) in [5.41, 5.74) is 5.95. The number of hydrogen-bond acceptors (Lipinski definition) is 3. The maximum absolute atomic E-state index is 11.8. The maximum Gasteiger partial charge on any atom is 0.222 e. The van der Waals surface area contributed by atoms with Crippen molar-refractivity contribution in [1.82, 2.24) is 10.2 Å². The first-order chi connectivity index (χ1) is 8.88. The van der Waals surface area contributed by atoms with Crippen molar-refractivity contribution < 1.29 is 9.59 Å². The highest BCUT2D eigenvalue weighted by Gasteiger charge is 2.13. The summed E-state index contributed by atoms with van der Waals surface area (Å²) in [5, 5.41) is 2.72. The van der Waals surface area contributed by atoms with Crippen molar-refractivity contribution in [2.75, 3.05) is 20.1 Å². The van der Waals surface area contributed by atoms with Gasteiger partial charge in [-0.2, -0.15) is 0 Å². The average molecular weight is 308 g/mol. The SMILES string of the molecule is CCNC(=O)CCCC(=O)N(C)CCC(N)C(C)C.Cl. The smallest absolute Gasteiger partial charge is 0.222 e. The molecule has 5 nitrogen and oxygen atoms in total. The third-order valence-electron chi connectivity index (χ3n) is 3.25. The van der Waals surface area contributed by atoms with Crippen molar-refractivity contribution in [3.63, 3.8) is 0 Å². The molecule has 3 N–H and O–H groups in total. The van der Waals surface area contributed by atoms with E-state index < -0.39 is 0 Å². The molecule has 0 aliphatic carbocycles. The van der Waals surface area contributed by atoms with Crippen LogP contribution in [0.4, 0.5) is 0 Å². The van der Waals surface area contributed by atoms with E-state index in [1.807, 2.05) is 6.92 Å². The summed E-state index contributed by atoms with van der Waals surface area (Å²) in [6, 6.07) is 0.130. The van der Waals surface area contributed by atoms with Crippen LogP contribution in [-0.4, -0.2) is 42.9 Å². The maximum atomic E-state index is 11.8. The van der Waals surface area contributed by atoms with Crippen LogP contribution in [0.5, 0.6) is 0 Å². The number of amides is 2. The number of nitrogens with two attached hydrogens (primary N) is 1. The highest BCUT2D eigenvalue weighted by atomic mass is 35.5. The summed E-state index contributed by atoms with van der Waals surface area (Å²) in [6.45, 7) is 7.37. The van der Waals surface area contributed by atoms with Crippen molar-refractivity contribution in [2.45, 2.75) is 52.5 Å². The zero-order chi connectivity index (χ0) is 14.8. The third kappa shape index (κ3) is 10.0. The monoisotopic (exact) mass is 307 g/mol. The molecule has 6 heteroatoms. The lowest BCUT2D eigenvalue weighted by atomic mass is 10.0. The number of nitrogens with zero attached hydrogens (tertiary/aromatic N) is 1. The van der Waals surface area contributed by atoms with Crippen LogP contribution in [0.15, 0.2) is 0 Å². The second-order valence-corrected chi connectivity index (χ2v) is 5.32. The molecule has 120 valence electrons. The number of carbonyl (C=O) groups is 2. The quantitative estimate of drug-likeness (QED) is 0.678. The van der Waals surface area contributed by atoms with Gasteiger partial charge in [0, 0.05) is 39.0 Å². The molecule has 0 saturated heterocycles. The Balaban J connectivity index is 0. The van der Waals surface area contributed by atoms with Crippen LogP contribution in [0.2, 0.25) is 0 Å². The molecule has 0 heterocycles. The number of halogens is 1. The molecular weight excluding hydrogens is 278 g/mol. The molecule has 0 aliphatic rings. The minimum Gasteiger partial charge on any atom is -0.356 e. The zero-order valence-corrected chi connectivity index (χ0v) is 14.0. The highest BCUT2D eigenvalue weighted by molar-refractivity contribution is 5.85. The van der Waals surface area contributed by atoms with E-state index in [4.69, 9.17) is 5.73 Å². The Morgan fingerprint density at radius 1 is 1.25 bits per heavy atom. The second-order valence-electron chi connectivity index (χ2n) is 5.32. The van der Waals surface area contributed by atoms with Crippen molar-refractivity contribution >= 4 is 24.2 Å². The summed E-state index contributed by atoms with van der Waals surface area (Å²) in [7, 11) is 1.79. The van der Waals surface area contributed by atoms with Gasteiger partial charge in [-0.05, 0) is 25.7 Å². The van der Waals surface area contributed by atoms with Gasteiger partial charge in [0.05, 0.1) is 0 Å². The molecule has 20 heavy (non-hydrogen) atoms. The Bertz CT molecular complexity index is 286. The predicted molar refractivity (Wildman–Crippen MR) is 84.9 cm³/mol. The number of carbonyl (C=O) groups excluding carboxylic acids is 2. The number of hydrogen-bond donors (Lipinski definition) is 2. The van der Waals surface area contributed by atoms with Gasteiger partial charge >= 0.3 is 0 Å². The Morgan fingerprint density at radius 3 is 2.35 bits per heavy atom. The normalized spacial score (nSPS) is 11.7. The Kier molecular flexibility index (Phi) is 12.9. The molecule has 0 bridgehead atoms. The van der Waals surface area contributed by atoms with Gasteiger partial charge in [-0.1, -0.05) is 13.8 Å². The summed E-state index contributed by atoms with van der Waals surface area (Å²) in [4.78, 5) is 24.8. The topological polar surface area (TPSA) is 75.4 Å². The van der Waals surface area contributed by atoms with E-state index in [2.05, 4.69) is 19.2 Å². The van der Waals surface area contributed by atoms with E-state index in [9.17, 15) is 9.59 Å². The fraction of sp³-hybridized carbons (Fsp3) is 0.857. The molecule has 0 radical (unpaired) electrons. The van der Waals surface area contributed by atoms with Gasteiger partial charge < -0.3 is 16.0 Å². The van der Waals surface area contributed by atoms with Gasteiger partial charge in [-0.25, -0.2) is 0 Å². The zero-order valence-electron chi connectivity index (χ0n) is 13.1. The number of nitrogens with one attached hydrogen (secondary N) is 1. The van der Waals surface area contributed by atoms with E-state index in [1.165, 1.54) is 0 Å². The van der Waals surface area contributed by atoms with Crippen LogP contribution in [0.25, 0.3) is 0 Å². The van der Waals surface area contributed by atoms with Gasteiger partial charge in [-0.15, -0.1) is 12.4 Å². The second kappa shape index (κ2) is 12.0. The first kappa shape index (κ1) is 21.5. The highest BCUT2D eigenvalue weighted by Crippen LogP contribution is 2.05. The van der Waals surface area contributed by atoms with Crippen LogP contribution in [-0.2, 0) is 9.59 Å². The lowest BCUT2D eigenvalue weighted by Crippen LogP contribution is -2.34. The number of rotatable bonds is 9. The minimum absolute atomic E-state index is 0. The molecule has 0 fully saturated rings. The standard InChI is InChI=1S/C14H29N3O2.ClH/c1-5-16-13(18)7-6-8-14(19)17(4)10-9-12(15)11(2)3;/h11-12H,5-10,15H2,1-4H3,(H,16,18);1H. The molecule has 0 saturated carbocycles. The molecule has 0 aromatic heterocycles. The first-order valence-electron chi connectivity index (χ1n) is 7.14. The van der Waals surface area contributed by atoms with Gasteiger partial charge in [0.15, 0.2) is 0 Å². The molecule has 0 rings (SSSR count). The van der Waals surface area contributed by atoms with Gasteiger partial charge in [0.1, 0.15) is 0 Å². The van der Waals surface area contributed by atoms with Gasteiger partial charge in [-0.3, -0.25) is 9.59 Å². The summed E-state index contributed by atoms with van der Waals surface area (Å²) < 4.78 is 0. The van der Waals surface area contributed by atoms with Crippen LogP contribution in [0.3, 0.4) is 0 Å². The van der Waals surface area contributed by atoms with E-state index in [0.29, 0.717) is 38.3 Å². The Labute approximate surface area is 129 Å². The molecule has 1 atom stereocenters. The van der Waals surface area contributed by atoms with Crippen LogP contribution >= 0.6 is 12.4 Å². The lowest BCUT2D eigenvalue weighted by Gasteiger charge is -2.21. The van der Waals surface area contributed by atoms with E-state index >= 15 is 0 Å². The van der Waals surface area contributed by atoms with Crippen LogP contribution in [0, 0.1) is 5.92 Å². The van der Waals surface area contributed by atoms with Crippen molar-refractivity contribution in [2.24, 2.45) is 11.7 Å². The largest absolute Gasteiger partial charge is 0.356 e. The van der Waals surface area contributed by atoms with Crippen LogP contribution < -0.4 is 11.1 Å². The molecule has 0 aromatic rings. The first-order valence-corrected chi connectivity index (χ1v) is 7.14. The van der Waals surface area contributed by atoms with Gasteiger partial charge in [0.2, 0.25) is 11.8 Å². The molecular formula is C14H30ClN3O2. The summed E-state index contributed by atoms with van der Waals surface area (Å²) >= 11 is 0. The van der Waals surface area contributed by atoms with Crippen LogP contribution in [0.1, 0.15) is 46.5 Å². The molecule has 0 aliphatic heterocycles. The average Bonchev–Trinajstić information content (AvgIpc) is 2.35. The molecule has 1 unspecified atom stereocenters. The van der Waals surface area contributed by atoms with E-state index in [-0.39, 0.29) is 30.3 Å². The Hall–Kier alpha value is -0.810. The molecule has 0 aromatic carbocycles. The van der Waals surface area contributed by atoms with E-state index in [0.717, 1.165) is 6.42 Å². The Morgan fingerprint density at radius 2 is 1.85 bits per heavy atom. The summed E-state index contributed by atoms with van der Waals surface area (Å²) in [5.74, 6) is 0.529. The third-order valence-corrected chi connectivity index (χ3v) is 3.25. The van der Waals surface area contributed by atoms with E-state index in [1.54, 1.807) is 11.9 Å². The molecule has 2 amide bonds. The fourth-order valence-corrected chi connectivity index (χ4v) is 1.68. The van der Waals surface area contributed by atoms with Crippen molar-refractivity contribution in [3.8, 4) is 0 Å². The lowest BCUT2D eigenvalue weighted by molar-refractivity contribution is -0.130. The van der Waals surface area contributed by atoms with Crippen molar-refractivity contribution in [1.29, 1.82) is 0 Å². The fourth-order valence-electron chi connectivity index (χ4n) is 1.68. The van der Waals surface area contributed by atoms with Gasteiger partial charge in [0.25, 0.3) is 0 Å². The summed E-state index contributed by atoms with van der Waals surface area (Å²) in [6.07, 6.45) is 2.25.